The molecule has 2 atom stereocenters. The van der Waals surface area contributed by atoms with Crippen LogP contribution in [-0.2, 0) is 14.9 Å². The second-order valence-corrected chi connectivity index (χ2v) is 14.0. The first-order valence-corrected chi connectivity index (χ1v) is 19.5. The van der Waals surface area contributed by atoms with Crippen LogP contribution in [0.2, 0.25) is 0 Å². The Morgan fingerprint density at radius 2 is 1.00 bits per heavy atom. The summed E-state index contributed by atoms with van der Waals surface area (Å²) in [7, 11) is -4.29. The minimum atomic E-state index is -4.29. The number of unbranched alkanes of at least 4 members (excludes halogenated alkanes) is 22. The van der Waals surface area contributed by atoms with E-state index in [1.165, 1.54) is 122 Å². The molecule has 0 bridgehead atoms. The summed E-state index contributed by atoms with van der Waals surface area (Å²) in [6, 6.07) is -0.965. The molecule has 0 saturated carbocycles. The zero-order valence-corrected chi connectivity index (χ0v) is 28.5. The molecule has 0 rings (SSSR count). The van der Waals surface area contributed by atoms with E-state index in [1.807, 2.05) is 0 Å². The Hall–Kier alpha value is -0.920. The Balaban J connectivity index is 3.82. The van der Waals surface area contributed by atoms with Crippen LogP contribution in [0, 0.1) is 0 Å². The molecule has 2 unspecified atom stereocenters. The highest BCUT2D eigenvalue weighted by atomic mass is 32.2. The zero-order chi connectivity index (χ0) is 31.2. The molecule has 0 fully saturated rings. The summed E-state index contributed by atoms with van der Waals surface area (Å²) in [6.45, 7) is 4.46. The summed E-state index contributed by atoms with van der Waals surface area (Å²) < 4.78 is 32.2. The van der Waals surface area contributed by atoms with Gasteiger partial charge in [0, 0.05) is 6.42 Å². The van der Waals surface area contributed by atoms with E-state index in [-0.39, 0.29) is 5.91 Å². The second-order valence-electron chi connectivity index (χ2n) is 12.5. The van der Waals surface area contributed by atoms with Crippen LogP contribution < -0.4 is 5.32 Å². The Bertz CT molecular complexity index is 725. The van der Waals surface area contributed by atoms with Crippen molar-refractivity contribution in [2.45, 2.75) is 199 Å². The van der Waals surface area contributed by atoms with Crippen LogP contribution in [0.4, 0.5) is 0 Å². The minimum Gasteiger partial charge on any atom is -0.391 e. The lowest BCUT2D eigenvalue weighted by atomic mass is 10.0. The summed E-state index contributed by atoms with van der Waals surface area (Å²) in [6.07, 6.45) is 34.6. The van der Waals surface area contributed by atoms with Gasteiger partial charge in [0.05, 0.1) is 17.9 Å². The lowest BCUT2D eigenvalue weighted by Gasteiger charge is -2.23. The summed E-state index contributed by atoms with van der Waals surface area (Å²) >= 11 is 0. The number of aliphatic hydroxyl groups excluding tert-OH is 1. The molecular weight excluding hydrogens is 546 g/mol. The van der Waals surface area contributed by atoms with Crippen molar-refractivity contribution in [1.29, 1.82) is 0 Å². The average Bonchev–Trinajstić information content (AvgIpc) is 2.94. The molecule has 0 aromatic rings. The quantitative estimate of drug-likeness (QED) is 0.0397. The second kappa shape index (κ2) is 30.1. The van der Waals surface area contributed by atoms with E-state index in [9.17, 15) is 22.9 Å². The van der Waals surface area contributed by atoms with Gasteiger partial charge in [0.25, 0.3) is 10.1 Å². The van der Waals surface area contributed by atoms with Gasteiger partial charge in [-0.3, -0.25) is 9.35 Å². The fraction of sp³-hybridized carbons (Fsp3) is 0.914. The van der Waals surface area contributed by atoms with Gasteiger partial charge in [0.1, 0.15) is 0 Å². The van der Waals surface area contributed by atoms with E-state index in [1.54, 1.807) is 0 Å². The molecule has 0 spiro atoms. The van der Waals surface area contributed by atoms with Gasteiger partial charge in [-0.25, -0.2) is 0 Å². The Morgan fingerprint density at radius 1 is 0.619 bits per heavy atom. The maximum absolute atomic E-state index is 12.4. The van der Waals surface area contributed by atoms with Crippen LogP contribution in [-0.4, -0.2) is 41.9 Å². The standard InChI is InChI=1S/C35H69NO5S/c1-3-5-7-9-11-13-14-15-16-17-18-19-20-21-22-23-25-27-29-31-35(38)36-33(32-42(39,40)41)34(37)30-28-26-24-12-10-8-6-4-2/h15-16,33-34,37H,3-14,17-32H2,1-2H3,(H,36,38)(H,39,40,41)/b16-15-. The highest BCUT2D eigenvalue weighted by Gasteiger charge is 2.26. The van der Waals surface area contributed by atoms with E-state index < -0.39 is 28.0 Å². The van der Waals surface area contributed by atoms with Crippen molar-refractivity contribution in [2.24, 2.45) is 0 Å². The predicted molar refractivity (Wildman–Crippen MR) is 180 cm³/mol. The molecule has 42 heavy (non-hydrogen) atoms. The fourth-order valence-electron chi connectivity index (χ4n) is 5.51. The van der Waals surface area contributed by atoms with E-state index in [2.05, 4.69) is 31.3 Å². The van der Waals surface area contributed by atoms with Crippen molar-refractivity contribution in [3.8, 4) is 0 Å². The van der Waals surface area contributed by atoms with Gasteiger partial charge in [-0.15, -0.1) is 0 Å². The van der Waals surface area contributed by atoms with Gasteiger partial charge < -0.3 is 10.4 Å². The number of allylic oxidation sites excluding steroid dienone is 2. The molecule has 0 aliphatic carbocycles. The maximum Gasteiger partial charge on any atom is 0.266 e. The van der Waals surface area contributed by atoms with Crippen LogP contribution in [0.5, 0.6) is 0 Å². The third-order valence-electron chi connectivity index (χ3n) is 8.22. The molecule has 3 N–H and O–H groups in total. The third-order valence-corrected chi connectivity index (χ3v) is 9.00. The molecule has 7 heteroatoms. The van der Waals surface area contributed by atoms with E-state index >= 15 is 0 Å². The van der Waals surface area contributed by atoms with Crippen molar-refractivity contribution < 1.29 is 22.9 Å². The number of rotatable bonds is 32. The molecule has 6 nitrogen and oxygen atoms in total. The zero-order valence-electron chi connectivity index (χ0n) is 27.6. The topological polar surface area (TPSA) is 104 Å². The highest BCUT2D eigenvalue weighted by molar-refractivity contribution is 7.85. The van der Waals surface area contributed by atoms with E-state index in [4.69, 9.17) is 0 Å². The van der Waals surface area contributed by atoms with E-state index in [0.29, 0.717) is 12.8 Å². The number of carbonyl (C=O) groups excluding carboxylic acids is 1. The molecule has 0 radical (unpaired) electrons. The van der Waals surface area contributed by atoms with Crippen LogP contribution in [0.15, 0.2) is 12.2 Å². The smallest absolute Gasteiger partial charge is 0.266 e. The third kappa shape index (κ3) is 30.5. The van der Waals surface area contributed by atoms with Crippen molar-refractivity contribution >= 4 is 16.0 Å². The van der Waals surface area contributed by atoms with Crippen LogP contribution >= 0.6 is 0 Å². The van der Waals surface area contributed by atoms with Crippen molar-refractivity contribution in [3.05, 3.63) is 12.2 Å². The first kappa shape index (κ1) is 41.1. The summed E-state index contributed by atoms with van der Waals surface area (Å²) in [5.41, 5.74) is 0. The van der Waals surface area contributed by atoms with Crippen LogP contribution in [0.1, 0.15) is 187 Å². The summed E-state index contributed by atoms with van der Waals surface area (Å²) in [5, 5.41) is 13.2. The van der Waals surface area contributed by atoms with Gasteiger partial charge >= 0.3 is 0 Å². The summed E-state index contributed by atoms with van der Waals surface area (Å²) in [4.78, 5) is 12.4. The fourth-order valence-corrected chi connectivity index (χ4v) is 6.27. The van der Waals surface area contributed by atoms with Gasteiger partial charge in [-0.2, -0.15) is 8.42 Å². The lowest BCUT2D eigenvalue weighted by molar-refractivity contribution is -0.122. The van der Waals surface area contributed by atoms with Gasteiger partial charge in [0.2, 0.25) is 5.91 Å². The normalized spacial score (nSPS) is 13.5. The van der Waals surface area contributed by atoms with Crippen LogP contribution in [0.25, 0.3) is 0 Å². The summed E-state index contributed by atoms with van der Waals surface area (Å²) in [5.74, 6) is -0.897. The monoisotopic (exact) mass is 615 g/mol. The minimum absolute atomic E-state index is 0.250. The molecule has 0 aliphatic rings. The molecule has 0 aliphatic heterocycles. The molecule has 0 aromatic heterocycles. The largest absolute Gasteiger partial charge is 0.391 e. The number of hydrogen-bond acceptors (Lipinski definition) is 4. The molecule has 0 aromatic carbocycles. The van der Waals surface area contributed by atoms with Gasteiger partial charge in [0.15, 0.2) is 0 Å². The van der Waals surface area contributed by atoms with E-state index in [0.717, 1.165) is 38.5 Å². The van der Waals surface area contributed by atoms with Gasteiger partial charge in [-0.1, -0.05) is 154 Å². The highest BCUT2D eigenvalue weighted by Crippen LogP contribution is 2.15. The number of nitrogens with one attached hydrogen (secondary N) is 1. The first-order chi connectivity index (χ1) is 20.3. The SMILES string of the molecule is CCCCCCCC/C=C\CCCCCCCCCCCC(=O)NC(CS(=O)(=O)O)C(O)CCCCCCCCCC. The van der Waals surface area contributed by atoms with Crippen molar-refractivity contribution in [3.63, 3.8) is 0 Å². The Labute approximate surface area is 261 Å². The molecule has 0 saturated heterocycles. The average molecular weight is 616 g/mol. The van der Waals surface area contributed by atoms with Crippen LogP contribution in [0.3, 0.4) is 0 Å². The number of hydrogen-bond donors (Lipinski definition) is 3. The Kier molecular flexibility index (Phi) is 29.5. The molecule has 0 heterocycles. The Morgan fingerprint density at radius 3 is 1.43 bits per heavy atom. The molecular formula is C35H69NO5S. The predicted octanol–water partition coefficient (Wildman–Crippen LogP) is 9.85. The van der Waals surface area contributed by atoms with Gasteiger partial charge in [-0.05, 0) is 38.5 Å². The molecule has 1 amide bonds. The van der Waals surface area contributed by atoms with Crippen molar-refractivity contribution in [1.82, 2.24) is 5.32 Å². The number of carbonyl (C=O) groups is 1. The molecule has 250 valence electrons. The number of aliphatic hydroxyl groups is 1. The first-order valence-electron chi connectivity index (χ1n) is 17.9. The van der Waals surface area contributed by atoms with Crippen molar-refractivity contribution in [2.75, 3.05) is 5.75 Å². The number of amides is 1. The maximum atomic E-state index is 12.4. The lowest BCUT2D eigenvalue weighted by Crippen LogP contribution is -2.47.